The van der Waals surface area contributed by atoms with Crippen molar-refractivity contribution >= 4 is 5.78 Å². The molecule has 0 radical (unpaired) electrons. The Morgan fingerprint density at radius 3 is 2.29 bits per heavy atom. The minimum atomic E-state index is -0.170. The first-order chi connectivity index (χ1) is 9.95. The highest BCUT2D eigenvalue weighted by Crippen LogP contribution is 2.40. The summed E-state index contributed by atoms with van der Waals surface area (Å²) in [6.07, 6.45) is -0.170. The molecule has 2 aromatic carbocycles. The van der Waals surface area contributed by atoms with Crippen LogP contribution >= 0.6 is 0 Å². The predicted molar refractivity (Wildman–Crippen MR) is 83.9 cm³/mol. The van der Waals surface area contributed by atoms with E-state index in [0.29, 0.717) is 0 Å². The molecule has 3 rings (SSSR count). The van der Waals surface area contributed by atoms with E-state index in [2.05, 4.69) is 26.8 Å². The van der Waals surface area contributed by atoms with Gasteiger partial charge >= 0.3 is 0 Å². The maximum atomic E-state index is 13.0. The molecule has 0 bridgehead atoms. The van der Waals surface area contributed by atoms with E-state index in [1.165, 1.54) is 0 Å². The normalized spacial score (nSPS) is 17.3. The molecule has 1 unspecified atom stereocenters. The van der Waals surface area contributed by atoms with E-state index in [1.54, 1.807) is 7.11 Å². The molecule has 108 valence electrons. The monoisotopic (exact) mass is 280 g/mol. The van der Waals surface area contributed by atoms with Gasteiger partial charge < -0.3 is 4.74 Å². The molecule has 0 amide bonds. The first-order valence-electron chi connectivity index (χ1n) is 7.25. The zero-order valence-corrected chi connectivity index (χ0v) is 12.9. The van der Waals surface area contributed by atoms with E-state index in [4.69, 9.17) is 4.74 Å². The number of hydrogen-bond donors (Lipinski definition) is 0. The average molecular weight is 280 g/mol. The van der Waals surface area contributed by atoms with Gasteiger partial charge in [0.25, 0.3) is 0 Å². The van der Waals surface area contributed by atoms with E-state index in [-0.39, 0.29) is 17.3 Å². The molecule has 0 fully saturated rings. The zero-order valence-electron chi connectivity index (χ0n) is 12.9. The van der Waals surface area contributed by atoms with Crippen molar-refractivity contribution in [3.8, 4) is 0 Å². The Bertz CT molecular complexity index is 708. The second-order valence-corrected chi connectivity index (χ2v) is 6.55. The van der Waals surface area contributed by atoms with Gasteiger partial charge in [-0.2, -0.15) is 0 Å². The molecule has 0 saturated carbocycles. The fourth-order valence-electron chi connectivity index (χ4n) is 3.16. The van der Waals surface area contributed by atoms with Crippen molar-refractivity contribution in [2.75, 3.05) is 7.11 Å². The lowest BCUT2D eigenvalue weighted by atomic mass is 9.75. The van der Waals surface area contributed by atoms with E-state index in [1.807, 2.05) is 36.4 Å². The van der Waals surface area contributed by atoms with Crippen LogP contribution in [0.4, 0.5) is 0 Å². The molecule has 2 nitrogen and oxygen atoms in total. The largest absolute Gasteiger partial charge is 0.372 e. The quantitative estimate of drug-likeness (QED) is 0.780. The number of hydrogen-bond acceptors (Lipinski definition) is 2. The van der Waals surface area contributed by atoms with E-state index in [0.717, 1.165) is 27.8 Å². The molecule has 2 heteroatoms. The van der Waals surface area contributed by atoms with Gasteiger partial charge in [-0.25, -0.2) is 0 Å². The minimum Gasteiger partial charge on any atom is -0.372 e. The minimum absolute atomic E-state index is 0.0778. The summed E-state index contributed by atoms with van der Waals surface area (Å²) in [5.41, 5.74) is 4.52. The third-order valence-electron chi connectivity index (χ3n) is 4.14. The maximum absolute atomic E-state index is 13.0. The van der Waals surface area contributed by atoms with Crippen LogP contribution in [0.3, 0.4) is 0 Å². The van der Waals surface area contributed by atoms with Gasteiger partial charge in [-0.1, -0.05) is 63.2 Å². The second kappa shape index (κ2) is 4.81. The molecule has 0 saturated heterocycles. The van der Waals surface area contributed by atoms with Crippen LogP contribution in [0.1, 0.15) is 59.5 Å². The lowest BCUT2D eigenvalue weighted by Crippen LogP contribution is -2.26. The summed E-state index contributed by atoms with van der Waals surface area (Å²) in [5.74, 6) is 0.111. The number of carbonyl (C=O) groups excluding carboxylic acids is 1. The zero-order chi connectivity index (χ0) is 15.2. The number of benzene rings is 2. The fourth-order valence-corrected chi connectivity index (χ4v) is 3.16. The summed E-state index contributed by atoms with van der Waals surface area (Å²) in [6.45, 7) is 6.41. The molecule has 21 heavy (non-hydrogen) atoms. The van der Waals surface area contributed by atoms with Gasteiger partial charge in [0.15, 0.2) is 5.78 Å². The van der Waals surface area contributed by atoms with Crippen molar-refractivity contribution in [2.24, 2.45) is 0 Å². The van der Waals surface area contributed by atoms with Gasteiger partial charge in [0.05, 0.1) is 0 Å². The molecule has 0 N–H and O–H groups in total. The fraction of sp³-hybridized carbons (Fsp3) is 0.316. The molecule has 0 aromatic heterocycles. The standard InChI is InChI=1S/C19H20O2/c1-19(2,3)15-11-7-10-14-16(15)17(20)12-8-5-6-9-13(12)18(14)21-4/h5-11,18H,1-4H3. The number of carbonyl (C=O) groups is 1. The van der Waals surface area contributed by atoms with Crippen LogP contribution in [-0.4, -0.2) is 12.9 Å². The van der Waals surface area contributed by atoms with E-state index < -0.39 is 0 Å². The topological polar surface area (TPSA) is 26.3 Å². The van der Waals surface area contributed by atoms with Crippen molar-refractivity contribution in [3.63, 3.8) is 0 Å². The Morgan fingerprint density at radius 1 is 0.952 bits per heavy atom. The van der Waals surface area contributed by atoms with Crippen LogP contribution in [0, 0.1) is 0 Å². The Morgan fingerprint density at radius 2 is 1.62 bits per heavy atom. The molecule has 0 aliphatic heterocycles. The first-order valence-corrected chi connectivity index (χ1v) is 7.25. The summed E-state index contributed by atoms with van der Waals surface area (Å²) in [5, 5.41) is 0. The number of methoxy groups -OCH3 is 1. The molecular weight excluding hydrogens is 260 g/mol. The number of fused-ring (bicyclic) bond motifs is 2. The molecule has 0 spiro atoms. The van der Waals surface area contributed by atoms with Crippen LogP contribution < -0.4 is 0 Å². The van der Waals surface area contributed by atoms with Crippen molar-refractivity contribution in [2.45, 2.75) is 32.3 Å². The average Bonchev–Trinajstić information content (AvgIpc) is 2.46. The first kappa shape index (κ1) is 14.0. The molecular formula is C19H20O2. The highest BCUT2D eigenvalue weighted by molar-refractivity contribution is 6.13. The summed E-state index contributed by atoms with van der Waals surface area (Å²) < 4.78 is 5.71. The van der Waals surface area contributed by atoms with Crippen molar-refractivity contribution in [1.29, 1.82) is 0 Å². The van der Waals surface area contributed by atoms with E-state index >= 15 is 0 Å². The summed E-state index contributed by atoms with van der Waals surface area (Å²) in [4.78, 5) is 13.0. The van der Waals surface area contributed by atoms with E-state index in [9.17, 15) is 4.79 Å². The van der Waals surface area contributed by atoms with Crippen LogP contribution in [-0.2, 0) is 10.2 Å². The lowest BCUT2D eigenvalue weighted by Gasteiger charge is -2.31. The van der Waals surface area contributed by atoms with Gasteiger partial charge in [-0.15, -0.1) is 0 Å². The molecule has 1 atom stereocenters. The second-order valence-electron chi connectivity index (χ2n) is 6.55. The maximum Gasteiger partial charge on any atom is 0.194 e. The van der Waals surface area contributed by atoms with Crippen LogP contribution in [0.15, 0.2) is 42.5 Å². The Kier molecular flexibility index (Phi) is 3.22. The molecule has 1 aliphatic carbocycles. The van der Waals surface area contributed by atoms with Gasteiger partial charge in [0, 0.05) is 18.2 Å². The molecule has 1 aliphatic rings. The van der Waals surface area contributed by atoms with Crippen LogP contribution in [0.25, 0.3) is 0 Å². The number of rotatable bonds is 1. The smallest absolute Gasteiger partial charge is 0.194 e. The Balaban J connectivity index is 2.32. The summed E-state index contributed by atoms with van der Waals surface area (Å²) in [7, 11) is 1.70. The van der Waals surface area contributed by atoms with Gasteiger partial charge in [-0.05, 0) is 22.1 Å². The molecule has 0 heterocycles. The SMILES string of the molecule is COC1c2ccccc2C(=O)c2c1cccc2C(C)(C)C. The number of ketones is 1. The van der Waals surface area contributed by atoms with Crippen LogP contribution in [0.5, 0.6) is 0 Å². The van der Waals surface area contributed by atoms with Gasteiger partial charge in [0.1, 0.15) is 6.10 Å². The van der Waals surface area contributed by atoms with Gasteiger partial charge in [-0.3, -0.25) is 4.79 Å². The summed E-state index contributed by atoms with van der Waals surface area (Å²) >= 11 is 0. The van der Waals surface area contributed by atoms with Crippen molar-refractivity contribution in [1.82, 2.24) is 0 Å². The highest BCUT2D eigenvalue weighted by Gasteiger charge is 2.34. The Hall–Kier alpha value is -1.93. The van der Waals surface area contributed by atoms with Crippen molar-refractivity contribution in [3.05, 3.63) is 70.3 Å². The van der Waals surface area contributed by atoms with Gasteiger partial charge in [0.2, 0.25) is 0 Å². The lowest BCUT2D eigenvalue weighted by molar-refractivity contribution is 0.0983. The molecule has 2 aromatic rings. The Labute approximate surface area is 125 Å². The third-order valence-corrected chi connectivity index (χ3v) is 4.14. The third kappa shape index (κ3) is 2.11. The van der Waals surface area contributed by atoms with Crippen LogP contribution in [0.2, 0.25) is 0 Å². The highest BCUT2D eigenvalue weighted by atomic mass is 16.5. The summed E-state index contributed by atoms with van der Waals surface area (Å²) in [6, 6.07) is 13.8. The van der Waals surface area contributed by atoms with Crippen molar-refractivity contribution < 1.29 is 9.53 Å². The predicted octanol–water partition coefficient (Wildman–Crippen LogP) is 4.26. The number of ether oxygens (including phenoxy) is 1.